The van der Waals surface area contributed by atoms with Crippen LogP contribution in [0.3, 0.4) is 0 Å². The van der Waals surface area contributed by atoms with Gasteiger partial charge < -0.3 is 14.4 Å². The van der Waals surface area contributed by atoms with Crippen LogP contribution in [0.2, 0.25) is 10.0 Å². The van der Waals surface area contributed by atoms with Crippen molar-refractivity contribution in [3.8, 4) is 5.75 Å². The Labute approximate surface area is 239 Å². The first-order chi connectivity index (χ1) is 18.8. The minimum Gasteiger partial charge on any atom is -0.489 e. The number of hydrogen-bond acceptors (Lipinski definition) is 5. The number of benzene rings is 2. The standard InChI is InChI=1S/C30H33Cl2N3O4/c1-19(2)17-39-30(37)35-28-9-8-23(12-22(28)16-33-35)34-11-10-21(29(34)36)13-25-26(31)14-24(15-27(25)32)38-18-20-6-4-3-5-7-20/h3-7,14-16,19,21,23H,8-13,17-18H2,1-2H3/t21-,23?/m0/s1. The Bertz CT molecular complexity index is 1320. The smallest absolute Gasteiger partial charge is 0.434 e. The molecule has 1 aliphatic heterocycles. The van der Waals surface area contributed by atoms with E-state index in [-0.39, 0.29) is 23.8 Å². The van der Waals surface area contributed by atoms with Crippen molar-refractivity contribution in [1.82, 2.24) is 14.7 Å². The lowest BCUT2D eigenvalue weighted by atomic mass is 9.92. The van der Waals surface area contributed by atoms with Gasteiger partial charge in [-0.2, -0.15) is 9.78 Å². The molecule has 39 heavy (non-hydrogen) atoms. The van der Waals surface area contributed by atoms with Gasteiger partial charge in [0, 0.05) is 28.5 Å². The molecular formula is C30H33Cl2N3O4. The van der Waals surface area contributed by atoms with Crippen molar-refractivity contribution in [2.75, 3.05) is 13.2 Å². The van der Waals surface area contributed by atoms with Gasteiger partial charge in [-0.25, -0.2) is 4.79 Å². The first-order valence-electron chi connectivity index (χ1n) is 13.5. The normalized spacial score (nSPS) is 18.9. The van der Waals surface area contributed by atoms with Crippen LogP contribution in [0.5, 0.6) is 5.75 Å². The molecule has 1 amide bonds. The second kappa shape index (κ2) is 12.0. The summed E-state index contributed by atoms with van der Waals surface area (Å²) < 4.78 is 12.6. The second-order valence-electron chi connectivity index (χ2n) is 10.8. The summed E-state index contributed by atoms with van der Waals surface area (Å²) >= 11 is 13.2. The van der Waals surface area contributed by atoms with E-state index in [4.69, 9.17) is 32.7 Å². The summed E-state index contributed by atoms with van der Waals surface area (Å²) in [5, 5.41) is 5.30. The van der Waals surface area contributed by atoms with E-state index in [0.717, 1.165) is 35.2 Å². The molecule has 0 bridgehead atoms. The maximum Gasteiger partial charge on any atom is 0.434 e. The summed E-state index contributed by atoms with van der Waals surface area (Å²) in [5.41, 5.74) is 3.72. The third kappa shape index (κ3) is 6.25. The summed E-state index contributed by atoms with van der Waals surface area (Å²) in [6, 6.07) is 13.5. The minimum absolute atomic E-state index is 0.0824. The number of hydrogen-bond donors (Lipinski definition) is 0. The van der Waals surface area contributed by atoms with E-state index >= 15 is 0 Å². The Hall–Kier alpha value is -3.03. The van der Waals surface area contributed by atoms with Crippen LogP contribution in [-0.4, -0.2) is 45.9 Å². The molecule has 9 heteroatoms. The van der Waals surface area contributed by atoms with Gasteiger partial charge in [-0.15, -0.1) is 0 Å². The highest BCUT2D eigenvalue weighted by Crippen LogP contribution is 2.36. The molecule has 206 valence electrons. The number of likely N-dealkylation sites (tertiary alicyclic amines) is 1. The van der Waals surface area contributed by atoms with Crippen LogP contribution >= 0.6 is 23.2 Å². The summed E-state index contributed by atoms with van der Waals surface area (Å²) in [7, 11) is 0. The molecule has 0 spiro atoms. The van der Waals surface area contributed by atoms with Gasteiger partial charge >= 0.3 is 6.09 Å². The number of halogens is 2. The van der Waals surface area contributed by atoms with E-state index in [2.05, 4.69) is 5.10 Å². The van der Waals surface area contributed by atoms with Gasteiger partial charge in [0.2, 0.25) is 5.91 Å². The number of ether oxygens (including phenoxy) is 2. The Kier molecular flexibility index (Phi) is 8.48. The number of carbonyl (C=O) groups excluding carboxylic acids is 2. The summed E-state index contributed by atoms with van der Waals surface area (Å²) in [5.74, 6) is 0.813. The maximum absolute atomic E-state index is 13.5. The van der Waals surface area contributed by atoms with Crippen molar-refractivity contribution in [2.24, 2.45) is 11.8 Å². The van der Waals surface area contributed by atoms with E-state index in [1.165, 1.54) is 4.68 Å². The number of nitrogens with zero attached hydrogens (tertiary/aromatic N) is 3. The fourth-order valence-corrected chi connectivity index (χ4v) is 6.01. The van der Waals surface area contributed by atoms with Crippen molar-refractivity contribution in [2.45, 2.75) is 58.6 Å². The Balaban J connectivity index is 1.20. The van der Waals surface area contributed by atoms with Gasteiger partial charge in [0.25, 0.3) is 0 Å². The number of aromatic nitrogens is 2. The van der Waals surface area contributed by atoms with Gasteiger partial charge in [-0.1, -0.05) is 67.4 Å². The molecule has 1 fully saturated rings. The number of fused-ring (bicyclic) bond motifs is 1. The highest BCUT2D eigenvalue weighted by molar-refractivity contribution is 6.36. The zero-order valence-corrected chi connectivity index (χ0v) is 23.8. The van der Waals surface area contributed by atoms with Crippen LogP contribution in [0.25, 0.3) is 0 Å². The fourth-order valence-electron chi connectivity index (χ4n) is 5.39. The van der Waals surface area contributed by atoms with Gasteiger partial charge in [-0.3, -0.25) is 4.79 Å². The molecule has 2 aromatic carbocycles. The molecule has 2 heterocycles. The Morgan fingerprint density at radius 2 is 1.87 bits per heavy atom. The van der Waals surface area contributed by atoms with Gasteiger partial charge in [0.05, 0.1) is 18.5 Å². The van der Waals surface area contributed by atoms with Crippen molar-refractivity contribution < 1.29 is 19.1 Å². The van der Waals surface area contributed by atoms with Crippen molar-refractivity contribution >= 4 is 35.2 Å². The number of rotatable bonds is 8. The van der Waals surface area contributed by atoms with E-state index < -0.39 is 6.09 Å². The van der Waals surface area contributed by atoms with Crippen LogP contribution in [0.15, 0.2) is 48.7 Å². The molecular weight excluding hydrogens is 537 g/mol. The molecule has 2 atom stereocenters. The molecule has 1 saturated heterocycles. The van der Waals surface area contributed by atoms with Gasteiger partial charge in [0.1, 0.15) is 12.4 Å². The van der Waals surface area contributed by atoms with Crippen LogP contribution in [0.4, 0.5) is 4.79 Å². The first kappa shape index (κ1) is 27.5. The predicted molar refractivity (Wildman–Crippen MR) is 150 cm³/mol. The van der Waals surface area contributed by atoms with Crippen LogP contribution in [0.1, 0.15) is 49.1 Å². The predicted octanol–water partition coefficient (Wildman–Crippen LogP) is 6.36. The number of amides is 1. The molecule has 1 aliphatic carbocycles. The number of carbonyl (C=O) groups is 2. The topological polar surface area (TPSA) is 73.7 Å². The average Bonchev–Trinajstić information content (AvgIpc) is 3.51. The fraction of sp³-hybridized carbons (Fsp3) is 0.433. The summed E-state index contributed by atoms with van der Waals surface area (Å²) in [6.07, 6.45) is 4.67. The Morgan fingerprint density at radius 3 is 2.59 bits per heavy atom. The molecule has 0 radical (unpaired) electrons. The Morgan fingerprint density at radius 1 is 1.13 bits per heavy atom. The largest absolute Gasteiger partial charge is 0.489 e. The lowest BCUT2D eigenvalue weighted by Crippen LogP contribution is -2.41. The SMILES string of the molecule is CC(C)COC(=O)n1ncc2c1CCC(N1CC[C@@H](Cc3c(Cl)cc(OCc4ccccc4)cc3Cl)C1=O)C2. The van der Waals surface area contributed by atoms with Crippen molar-refractivity contribution in [3.63, 3.8) is 0 Å². The van der Waals surface area contributed by atoms with E-state index in [1.54, 1.807) is 18.3 Å². The molecule has 3 aromatic rings. The van der Waals surface area contributed by atoms with Gasteiger partial charge in [0.15, 0.2) is 0 Å². The molecule has 0 saturated carbocycles. The van der Waals surface area contributed by atoms with Crippen LogP contribution in [0, 0.1) is 11.8 Å². The molecule has 0 N–H and O–H groups in total. The highest BCUT2D eigenvalue weighted by Gasteiger charge is 2.38. The van der Waals surface area contributed by atoms with Crippen LogP contribution in [-0.2, 0) is 35.4 Å². The molecule has 1 unspecified atom stereocenters. The molecule has 5 rings (SSSR count). The van der Waals surface area contributed by atoms with Gasteiger partial charge in [-0.05, 0) is 66.8 Å². The quantitative estimate of drug-likeness (QED) is 0.315. The summed E-state index contributed by atoms with van der Waals surface area (Å²) in [6.45, 7) is 5.47. The summed E-state index contributed by atoms with van der Waals surface area (Å²) in [4.78, 5) is 27.9. The zero-order chi connectivity index (χ0) is 27.5. The zero-order valence-electron chi connectivity index (χ0n) is 22.2. The lowest BCUT2D eigenvalue weighted by Gasteiger charge is -2.31. The first-order valence-corrected chi connectivity index (χ1v) is 14.2. The van der Waals surface area contributed by atoms with Crippen molar-refractivity contribution in [3.05, 3.63) is 81.1 Å². The van der Waals surface area contributed by atoms with E-state index in [9.17, 15) is 9.59 Å². The van der Waals surface area contributed by atoms with Crippen LogP contribution < -0.4 is 4.74 Å². The van der Waals surface area contributed by atoms with Crippen molar-refractivity contribution in [1.29, 1.82) is 0 Å². The second-order valence-corrected chi connectivity index (χ2v) is 11.6. The minimum atomic E-state index is -0.439. The third-order valence-corrected chi connectivity index (χ3v) is 8.12. The molecule has 2 aliphatic rings. The highest BCUT2D eigenvalue weighted by atomic mass is 35.5. The van der Waals surface area contributed by atoms with E-state index in [0.29, 0.717) is 54.8 Å². The lowest BCUT2D eigenvalue weighted by molar-refractivity contribution is -0.133. The third-order valence-electron chi connectivity index (χ3n) is 7.44. The average molecular weight is 571 g/mol. The molecule has 1 aromatic heterocycles. The monoisotopic (exact) mass is 569 g/mol. The maximum atomic E-state index is 13.5. The molecule has 7 nitrogen and oxygen atoms in total. The van der Waals surface area contributed by atoms with E-state index in [1.807, 2.05) is 49.1 Å².